The molecule has 5 atom stereocenters. The summed E-state index contributed by atoms with van der Waals surface area (Å²) in [5.74, 6) is 0.733. The van der Waals surface area contributed by atoms with Crippen LogP contribution in [-0.4, -0.2) is 76.7 Å². The number of aromatic nitrogens is 2. The van der Waals surface area contributed by atoms with Crippen LogP contribution >= 0.6 is 0 Å². The zero-order chi connectivity index (χ0) is 34.9. The van der Waals surface area contributed by atoms with Crippen LogP contribution in [0.3, 0.4) is 0 Å². The molecule has 4 aliphatic rings. The van der Waals surface area contributed by atoms with E-state index in [1.807, 2.05) is 12.1 Å². The van der Waals surface area contributed by atoms with Crippen molar-refractivity contribution in [2.24, 2.45) is 23.2 Å². The molecule has 1 saturated carbocycles. The molecule has 2 bridgehead atoms. The van der Waals surface area contributed by atoms with Gasteiger partial charge in [0.2, 0.25) is 5.88 Å². The lowest BCUT2D eigenvalue weighted by molar-refractivity contribution is -0.118. The van der Waals surface area contributed by atoms with E-state index in [1.165, 1.54) is 21.4 Å². The Morgan fingerprint density at radius 1 is 1.14 bits per heavy atom. The number of hydrogen-bond acceptors (Lipinski definition) is 8. The standard InChI is InChI=1S/C39H48N4O6S/c1-27-10-14-33-28(20-27)8-7-17-39(33)25-43-22-30-11-13-32(30)35(47-3)9-5-4-6-19-50(46,24-31(44)23-48-37-16-18-40-42(37)2)41-38(45)29-12-15-36(49-26-39)34(43)21-29/h5,9-10,12,14-16,18,20-21,30,32,35H,4,6-8,11,13,17,19,22-26H2,1-3H3/b9-5+/t30-,32+,35-,39-,50+/m0/s1. The minimum absolute atomic E-state index is 0.0237. The van der Waals surface area contributed by atoms with Gasteiger partial charge >= 0.3 is 0 Å². The van der Waals surface area contributed by atoms with Crippen LogP contribution in [0.4, 0.5) is 5.69 Å². The lowest BCUT2D eigenvalue weighted by atomic mass is 9.68. The minimum Gasteiger partial charge on any atom is -0.490 e. The van der Waals surface area contributed by atoms with Gasteiger partial charge in [-0.25, -0.2) is 8.89 Å². The van der Waals surface area contributed by atoms with Crippen molar-refractivity contribution in [3.63, 3.8) is 0 Å². The van der Waals surface area contributed by atoms with Crippen LogP contribution in [0, 0.1) is 18.8 Å². The fraction of sp³-hybridized carbons (Fsp3) is 0.513. The van der Waals surface area contributed by atoms with Gasteiger partial charge in [-0.3, -0.25) is 9.59 Å². The van der Waals surface area contributed by atoms with Crippen LogP contribution in [0.15, 0.2) is 65.2 Å². The number of hydrogen-bond donors (Lipinski definition) is 0. The van der Waals surface area contributed by atoms with Crippen LogP contribution in [0.5, 0.6) is 11.6 Å². The molecule has 1 aromatic heterocycles. The van der Waals surface area contributed by atoms with Crippen molar-refractivity contribution < 1.29 is 28.0 Å². The van der Waals surface area contributed by atoms with Crippen molar-refractivity contribution in [3.8, 4) is 11.6 Å². The molecular weight excluding hydrogens is 653 g/mol. The summed E-state index contributed by atoms with van der Waals surface area (Å²) in [4.78, 5) is 29.4. The van der Waals surface area contributed by atoms with Crippen molar-refractivity contribution in [1.29, 1.82) is 0 Å². The van der Waals surface area contributed by atoms with Crippen LogP contribution < -0.4 is 14.4 Å². The van der Waals surface area contributed by atoms with Gasteiger partial charge in [-0.05, 0) is 93.0 Å². The third-order valence-electron chi connectivity index (χ3n) is 11.1. The predicted molar refractivity (Wildman–Crippen MR) is 194 cm³/mol. The summed E-state index contributed by atoms with van der Waals surface area (Å²) in [7, 11) is 0.256. The van der Waals surface area contributed by atoms with E-state index < -0.39 is 15.6 Å². The Balaban J connectivity index is 1.24. The number of nitrogens with zero attached hydrogens (tertiary/aromatic N) is 4. The molecule has 1 amide bonds. The third kappa shape index (κ3) is 7.12. The van der Waals surface area contributed by atoms with Crippen molar-refractivity contribution in [2.45, 2.75) is 63.4 Å². The fourth-order valence-electron chi connectivity index (χ4n) is 8.30. The van der Waals surface area contributed by atoms with Crippen LogP contribution in [0.2, 0.25) is 0 Å². The van der Waals surface area contributed by atoms with Crippen molar-refractivity contribution in [3.05, 3.63) is 83.1 Å². The third-order valence-corrected chi connectivity index (χ3v) is 13.3. The highest BCUT2D eigenvalue weighted by molar-refractivity contribution is 7.94. The molecule has 7 rings (SSSR count). The van der Waals surface area contributed by atoms with Crippen LogP contribution in [0.25, 0.3) is 0 Å². The molecule has 0 radical (unpaired) electrons. The SMILES string of the molecule is CO[C@H]1/C=C/CCC[S@@](=O)(CC(=O)COc2ccnn2C)=NC(=O)c2ccc3c(c2)N(C[C@@H]2CC[C@H]21)C[C@@]1(CCCc2cc(C)ccc21)CO3. The quantitative estimate of drug-likeness (QED) is 0.295. The molecule has 1 spiro atoms. The van der Waals surface area contributed by atoms with Crippen LogP contribution in [-0.2, 0) is 38.1 Å². The molecule has 0 N–H and O–H groups in total. The number of anilines is 1. The first-order chi connectivity index (χ1) is 24.1. The van der Waals surface area contributed by atoms with Gasteiger partial charge in [0, 0.05) is 50.0 Å². The molecule has 1 fully saturated rings. The van der Waals surface area contributed by atoms with E-state index in [1.54, 1.807) is 32.5 Å². The number of carbonyl (C=O) groups excluding carboxylic acids is 2. The summed E-state index contributed by atoms with van der Waals surface area (Å²) in [5.41, 5.74) is 5.03. The first kappa shape index (κ1) is 34.5. The Bertz CT molecular complexity index is 1910. The number of Topliss-reactive ketones (excluding diaryl/α,β-unsaturated/α-hetero) is 1. The topological polar surface area (TPSA) is 112 Å². The summed E-state index contributed by atoms with van der Waals surface area (Å²) in [6, 6.07) is 13.9. The van der Waals surface area contributed by atoms with E-state index >= 15 is 0 Å². The zero-order valence-corrected chi connectivity index (χ0v) is 30.2. The fourth-order valence-corrected chi connectivity index (χ4v) is 10.2. The maximum Gasteiger partial charge on any atom is 0.285 e. The van der Waals surface area contributed by atoms with E-state index in [0.29, 0.717) is 42.7 Å². The molecule has 0 unspecified atom stereocenters. The number of allylic oxidation sites excluding steroid dienone is 1. The average molecular weight is 701 g/mol. The number of fused-ring (bicyclic) bond motifs is 4. The van der Waals surface area contributed by atoms with Gasteiger partial charge in [-0.15, -0.1) is 0 Å². The molecule has 3 heterocycles. The summed E-state index contributed by atoms with van der Waals surface area (Å²) in [6.45, 7) is 4.00. The Morgan fingerprint density at radius 2 is 2.02 bits per heavy atom. The number of rotatable bonds is 6. The van der Waals surface area contributed by atoms with Gasteiger partial charge in [-0.1, -0.05) is 35.9 Å². The Labute approximate surface area is 295 Å². The maximum atomic E-state index is 14.3. The van der Waals surface area contributed by atoms with E-state index in [2.05, 4.69) is 51.6 Å². The van der Waals surface area contributed by atoms with Gasteiger partial charge in [0.05, 0.1) is 40.1 Å². The lowest BCUT2D eigenvalue weighted by Crippen LogP contribution is -2.49. The molecule has 10 nitrogen and oxygen atoms in total. The second-order valence-electron chi connectivity index (χ2n) is 14.6. The summed E-state index contributed by atoms with van der Waals surface area (Å²) >= 11 is 0. The van der Waals surface area contributed by atoms with Crippen molar-refractivity contribution >= 4 is 27.1 Å². The lowest BCUT2D eigenvalue weighted by Gasteiger charge is -2.46. The van der Waals surface area contributed by atoms with E-state index in [9.17, 15) is 13.8 Å². The first-order valence-electron chi connectivity index (χ1n) is 17.9. The largest absolute Gasteiger partial charge is 0.490 e. The van der Waals surface area contributed by atoms with Crippen molar-refractivity contribution in [1.82, 2.24) is 9.78 Å². The van der Waals surface area contributed by atoms with Gasteiger partial charge in [0.15, 0.2) is 5.78 Å². The number of ketones is 1. The smallest absolute Gasteiger partial charge is 0.285 e. The van der Waals surface area contributed by atoms with Gasteiger partial charge in [-0.2, -0.15) is 9.46 Å². The van der Waals surface area contributed by atoms with Gasteiger partial charge in [0.1, 0.15) is 12.4 Å². The summed E-state index contributed by atoms with van der Waals surface area (Å²) in [6.07, 6.45) is 12.3. The molecular formula is C39H48N4O6S. The second kappa shape index (κ2) is 14.3. The predicted octanol–water partition coefficient (Wildman–Crippen LogP) is 5.85. The maximum absolute atomic E-state index is 14.3. The Hall–Kier alpha value is -3.96. The molecule has 266 valence electrons. The number of ether oxygens (including phenoxy) is 3. The Morgan fingerprint density at radius 3 is 2.80 bits per heavy atom. The molecule has 50 heavy (non-hydrogen) atoms. The number of benzene rings is 2. The number of aryl methyl sites for hydroxylation is 3. The van der Waals surface area contributed by atoms with E-state index in [0.717, 1.165) is 56.6 Å². The Kier molecular flexibility index (Phi) is 9.89. The molecule has 0 saturated heterocycles. The highest BCUT2D eigenvalue weighted by atomic mass is 32.2. The second-order valence-corrected chi connectivity index (χ2v) is 17.0. The van der Waals surface area contributed by atoms with E-state index in [4.69, 9.17) is 14.2 Å². The molecule has 11 heteroatoms. The molecule has 2 aliphatic heterocycles. The summed E-state index contributed by atoms with van der Waals surface area (Å²) in [5, 5.41) is 4.05. The van der Waals surface area contributed by atoms with Gasteiger partial charge < -0.3 is 19.1 Å². The zero-order valence-electron chi connectivity index (χ0n) is 29.3. The minimum atomic E-state index is -3.23. The molecule has 2 aliphatic carbocycles. The number of carbonyl (C=O) groups is 2. The van der Waals surface area contributed by atoms with E-state index in [-0.39, 0.29) is 35.4 Å². The van der Waals surface area contributed by atoms with Gasteiger partial charge in [0.25, 0.3) is 5.91 Å². The summed E-state index contributed by atoms with van der Waals surface area (Å²) < 4.78 is 38.5. The highest BCUT2D eigenvalue weighted by Gasteiger charge is 2.44. The van der Waals surface area contributed by atoms with Crippen LogP contribution in [0.1, 0.15) is 65.6 Å². The average Bonchev–Trinajstić information content (AvgIpc) is 3.43. The number of methoxy groups -OCH3 is 1. The molecule has 2 aromatic carbocycles. The first-order valence-corrected chi connectivity index (χ1v) is 19.7. The molecule has 3 aromatic rings. The highest BCUT2D eigenvalue weighted by Crippen LogP contribution is 2.47. The number of amides is 1. The monoisotopic (exact) mass is 700 g/mol. The normalized spacial score (nSPS) is 28.7. The van der Waals surface area contributed by atoms with Crippen molar-refractivity contribution in [2.75, 3.05) is 49.8 Å².